The van der Waals surface area contributed by atoms with Gasteiger partial charge in [0, 0.05) is 12.6 Å². The average molecular weight is 389 g/mol. The fraction of sp³-hybridized carbons (Fsp3) is 0.158. The summed E-state index contributed by atoms with van der Waals surface area (Å²) in [6, 6.07) is 13.5. The molecule has 2 amide bonds. The quantitative estimate of drug-likeness (QED) is 0.573. The van der Waals surface area contributed by atoms with Gasteiger partial charge in [-0.05, 0) is 24.6 Å². The first-order chi connectivity index (χ1) is 13.3. The van der Waals surface area contributed by atoms with E-state index in [1.54, 1.807) is 7.05 Å². The minimum absolute atomic E-state index is 0.255. The van der Waals surface area contributed by atoms with Gasteiger partial charge in [0.05, 0.1) is 16.9 Å². The normalized spacial score (nSPS) is 11.2. The number of alkyl halides is 3. The second-order valence-corrected chi connectivity index (χ2v) is 6.05. The van der Waals surface area contributed by atoms with Gasteiger partial charge in [0.1, 0.15) is 5.82 Å². The Hall–Kier alpha value is -3.49. The minimum atomic E-state index is -4.54. The predicted molar refractivity (Wildman–Crippen MR) is 101 cm³/mol. The van der Waals surface area contributed by atoms with Crippen molar-refractivity contribution in [1.82, 2.24) is 15.2 Å². The Morgan fingerprint density at radius 2 is 1.68 bits per heavy atom. The number of hydrazine groups is 1. The molecule has 0 spiro atoms. The minimum Gasteiger partial charge on any atom is -0.297 e. The first-order valence-electron chi connectivity index (χ1n) is 8.35. The molecular weight excluding hydrogens is 371 g/mol. The van der Waals surface area contributed by atoms with Gasteiger partial charge < -0.3 is 0 Å². The average Bonchev–Trinajstić information content (AvgIpc) is 2.93. The van der Waals surface area contributed by atoms with Crippen LogP contribution in [0.15, 0.2) is 54.6 Å². The van der Waals surface area contributed by atoms with E-state index in [1.807, 2.05) is 37.3 Å². The second kappa shape index (κ2) is 7.63. The van der Waals surface area contributed by atoms with Crippen LogP contribution in [0.5, 0.6) is 0 Å². The summed E-state index contributed by atoms with van der Waals surface area (Å²) in [5.41, 5.74) is 5.71. The van der Waals surface area contributed by atoms with Gasteiger partial charge in [-0.1, -0.05) is 42.5 Å². The maximum absolute atomic E-state index is 13.0. The number of amides is 2. The number of anilines is 2. The van der Waals surface area contributed by atoms with E-state index in [0.29, 0.717) is 11.5 Å². The SMILES string of the molecule is Cc1nn(C)c(NC(=O)NNc2ccccc2C(F)(F)F)c1-c1ccccc1. The van der Waals surface area contributed by atoms with Gasteiger partial charge in [-0.15, -0.1) is 0 Å². The number of hydrogen-bond donors (Lipinski definition) is 3. The highest BCUT2D eigenvalue weighted by molar-refractivity contribution is 5.94. The van der Waals surface area contributed by atoms with Crippen LogP contribution >= 0.6 is 0 Å². The number of hydrogen-bond acceptors (Lipinski definition) is 3. The Morgan fingerprint density at radius 1 is 1.04 bits per heavy atom. The number of nitrogens with zero attached hydrogens (tertiary/aromatic N) is 2. The predicted octanol–water partition coefficient (Wildman–Crippen LogP) is 4.56. The molecule has 1 heterocycles. The number of carbonyl (C=O) groups excluding carboxylic acids is 1. The van der Waals surface area contributed by atoms with Gasteiger partial charge in [-0.25, -0.2) is 4.79 Å². The van der Waals surface area contributed by atoms with E-state index in [0.717, 1.165) is 17.2 Å². The van der Waals surface area contributed by atoms with Crippen LogP contribution in [0.4, 0.5) is 29.5 Å². The standard InChI is InChI=1S/C19H18F3N5O/c1-12-16(13-8-4-3-5-9-13)17(27(2)26-12)23-18(28)25-24-15-11-7-6-10-14(15)19(20,21)22/h3-11,24H,1-2H3,(H2,23,25,28). The van der Waals surface area contributed by atoms with Crippen molar-refractivity contribution in [3.8, 4) is 11.1 Å². The zero-order valence-electron chi connectivity index (χ0n) is 15.1. The number of aromatic nitrogens is 2. The van der Waals surface area contributed by atoms with Crippen molar-refractivity contribution in [2.24, 2.45) is 7.05 Å². The van der Waals surface area contributed by atoms with Crippen molar-refractivity contribution in [1.29, 1.82) is 0 Å². The highest BCUT2D eigenvalue weighted by atomic mass is 19.4. The van der Waals surface area contributed by atoms with E-state index in [2.05, 4.69) is 21.3 Å². The number of halogens is 3. The smallest absolute Gasteiger partial charge is 0.297 e. The van der Waals surface area contributed by atoms with Crippen molar-refractivity contribution in [3.05, 3.63) is 65.9 Å². The van der Waals surface area contributed by atoms with Crippen molar-refractivity contribution in [2.45, 2.75) is 13.1 Å². The molecular formula is C19H18F3N5O. The second-order valence-electron chi connectivity index (χ2n) is 6.05. The van der Waals surface area contributed by atoms with Crippen LogP contribution in [0.2, 0.25) is 0 Å². The summed E-state index contributed by atoms with van der Waals surface area (Å²) in [4.78, 5) is 12.3. The van der Waals surface area contributed by atoms with E-state index in [1.165, 1.54) is 22.9 Å². The van der Waals surface area contributed by atoms with Crippen LogP contribution < -0.4 is 16.2 Å². The van der Waals surface area contributed by atoms with Crippen LogP contribution in [0.25, 0.3) is 11.1 Å². The van der Waals surface area contributed by atoms with Gasteiger partial charge in [-0.2, -0.15) is 18.3 Å². The zero-order valence-corrected chi connectivity index (χ0v) is 15.1. The topological polar surface area (TPSA) is 71.0 Å². The molecule has 2 aromatic carbocycles. The molecule has 1 aromatic heterocycles. The molecule has 3 rings (SSSR count). The van der Waals surface area contributed by atoms with E-state index >= 15 is 0 Å². The molecule has 0 fully saturated rings. The molecule has 3 aromatic rings. The van der Waals surface area contributed by atoms with Crippen LogP contribution in [0, 0.1) is 6.92 Å². The maximum atomic E-state index is 13.0. The van der Waals surface area contributed by atoms with Gasteiger partial charge in [0.2, 0.25) is 0 Å². The molecule has 28 heavy (non-hydrogen) atoms. The first-order valence-corrected chi connectivity index (χ1v) is 8.35. The molecule has 6 nitrogen and oxygen atoms in total. The fourth-order valence-corrected chi connectivity index (χ4v) is 2.85. The van der Waals surface area contributed by atoms with E-state index in [9.17, 15) is 18.0 Å². The molecule has 0 atom stereocenters. The molecule has 0 bridgehead atoms. The summed E-state index contributed by atoms with van der Waals surface area (Å²) in [7, 11) is 1.67. The van der Waals surface area contributed by atoms with Gasteiger partial charge in [0.25, 0.3) is 0 Å². The van der Waals surface area contributed by atoms with Crippen molar-refractivity contribution < 1.29 is 18.0 Å². The lowest BCUT2D eigenvalue weighted by Gasteiger charge is -2.15. The Kier molecular flexibility index (Phi) is 5.25. The summed E-state index contributed by atoms with van der Waals surface area (Å²) < 4.78 is 40.6. The fourth-order valence-electron chi connectivity index (χ4n) is 2.85. The third-order valence-electron chi connectivity index (χ3n) is 4.06. The monoisotopic (exact) mass is 389 g/mol. The van der Waals surface area contributed by atoms with Gasteiger partial charge in [-0.3, -0.25) is 20.9 Å². The lowest BCUT2D eigenvalue weighted by atomic mass is 10.1. The Bertz CT molecular complexity index is 983. The molecule has 0 unspecified atom stereocenters. The molecule has 9 heteroatoms. The highest BCUT2D eigenvalue weighted by Crippen LogP contribution is 2.34. The molecule has 3 N–H and O–H groups in total. The number of rotatable bonds is 4. The van der Waals surface area contributed by atoms with Crippen LogP contribution in [0.1, 0.15) is 11.3 Å². The summed E-state index contributed by atoms with van der Waals surface area (Å²) >= 11 is 0. The van der Waals surface area contributed by atoms with Crippen molar-refractivity contribution in [3.63, 3.8) is 0 Å². The van der Waals surface area contributed by atoms with Gasteiger partial charge >= 0.3 is 12.2 Å². The largest absolute Gasteiger partial charge is 0.418 e. The molecule has 0 saturated carbocycles. The number of urea groups is 1. The summed E-state index contributed by atoms with van der Waals surface area (Å²) in [6.07, 6.45) is -4.54. The molecule has 0 aliphatic heterocycles. The Morgan fingerprint density at radius 3 is 2.36 bits per heavy atom. The highest BCUT2D eigenvalue weighted by Gasteiger charge is 2.33. The molecule has 0 radical (unpaired) electrons. The summed E-state index contributed by atoms with van der Waals surface area (Å²) in [5, 5.41) is 6.94. The van der Waals surface area contributed by atoms with Crippen molar-refractivity contribution >= 4 is 17.5 Å². The van der Waals surface area contributed by atoms with Crippen molar-refractivity contribution in [2.75, 3.05) is 10.7 Å². The Balaban J connectivity index is 1.77. The first kappa shape index (κ1) is 19.3. The van der Waals surface area contributed by atoms with E-state index in [4.69, 9.17) is 0 Å². The number of para-hydroxylation sites is 1. The van der Waals surface area contributed by atoms with E-state index < -0.39 is 17.8 Å². The lowest BCUT2D eigenvalue weighted by molar-refractivity contribution is -0.137. The Labute approximate surface area is 159 Å². The number of nitrogens with one attached hydrogen (secondary N) is 3. The van der Waals surface area contributed by atoms with Crippen LogP contribution in [0.3, 0.4) is 0 Å². The summed E-state index contributed by atoms with van der Waals surface area (Å²) in [5.74, 6) is 0.423. The van der Waals surface area contributed by atoms with Crippen LogP contribution in [-0.2, 0) is 13.2 Å². The molecule has 146 valence electrons. The number of benzene rings is 2. The molecule has 0 aliphatic carbocycles. The maximum Gasteiger partial charge on any atom is 0.418 e. The lowest BCUT2D eigenvalue weighted by Crippen LogP contribution is -2.35. The summed E-state index contributed by atoms with van der Waals surface area (Å²) in [6.45, 7) is 1.81. The van der Waals surface area contributed by atoms with Gasteiger partial charge in [0.15, 0.2) is 0 Å². The van der Waals surface area contributed by atoms with Crippen LogP contribution in [-0.4, -0.2) is 15.8 Å². The molecule has 0 aliphatic rings. The number of aryl methyl sites for hydroxylation is 2. The zero-order chi connectivity index (χ0) is 20.3. The molecule has 0 saturated heterocycles. The number of carbonyl (C=O) groups is 1. The third kappa shape index (κ3) is 4.08. The third-order valence-corrected chi connectivity index (χ3v) is 4.06. The van der Waals surface area contributed by atoms with E-state index in [-0.39, 0.29) is 5.69 Å².